The van der Waals surface area contributed by atoms with Gasteiger partial charge in [0.25, 0.3) is 5.91 Å². The topological polar surface area (TPSA) is 72.8 Å². The zero-order chi connectivity index (χ0) is 15.4. The minimum absolute atomic E-state index is 0.159. The Labute approximate surface area is 127 Å². The lowest BCUT2D eigenvalue weighted by molar-refractivity contribution is -0.130. The summed E-state index contributed by atoms with van der Waals surface area (Å²) in [4.78, 5) is 16.0. The molecule has 1 N–H and O–H groups in total. The summed E-state index contributed by atoms with van der Waals surface area (Å²) in [7, 11) is 0. The number of benzene rings is 1. The number of rotatable bonds is 3. The van der Waals surface area contributed by atoms with Crippen molar-refractivity contribution in [3.05, 3.63) is 54.4 Å². The van der Waals surface area contributed by atoms with Crippen molar-refractivity contribution in [2.24, 2.45) is 5.10 Å². The average molecular weight is 297 g/mol. The fourth-order valence-corrected chi connectivity index (χ4v) is 2.02. The van der Waals surface area contributed by atoms with Crippen molar-refractivity contribution in [3.8, 4) is 11.5 Å². The Balaban J connectivity index is 1.64. The lowest BCUT2D eigenvalue weighted by Gasteiger charge is -2.24. The first kappa shape index (κ1) is 14.1. The fourth-order valence-electron chi connectivity index (χ4n) is 2.02. The maximum atomic E-state index is 12.1. The van der Waals surface area contributed by atoms with Gasteiger partial charge in [0.2, 0.25) is 6.10 Å². The van der Waals surface area contributed by atoms with Crippen LogP contribution >= 0.6 is 0 Å². The maximum absolute atomic E-state index is 12.1. The molecule has 1 atom stereocenters. The van der Waals surface area contributed by atoms with Crippen molar-refractivity contribution in [3.63, 3.8) is 0 Å². The number of nitrogens with zero attached hydrogens (tertiary/aromatic N) is 2. The van der Waals surface area contributed by atoms with E-state index in [0.717, 1.165) is 5.56 Å². The Bertz CT molecular complexity index is 701. The van der Waals surface area contributed by atoms with Gasteiger partial charge >= 0.3 is 0 Å². The molecule has 0 spiro atoms. The number of amides is 1. The lowest BCUT2D eigenvalue weighted by atomic mass is 10.2. The molecule has 112 valence electrons. The van der Waals surface area contributed by atoms with Gasteiger partial charge in [-0.05, 0) is 31.2 Å². The molecule has 1 unspecified atom stereocenters. The van der Waals surface area contributed by atoms with Crippen LogP contribution in [0.5, 0.6) is 11.5 Å². The van der Waals surface area contributed by atoms with Crippen molar-refractivity contribution in [1.82, 2.24) is 10.4 Å². The number of hydrogen-bond acceptors (Lipinski definition) is 5. The Kier molecular flexibility index (Phi) is 4.00. The highest BCUT2D eigenvalue weighted by molar-refractivity contribution is 5.99. The molecular weight excluding hydrogens is 282 g/mol. The summed E-state index contributed by atoms with van der Waals surface area (Å²) in [5, 5.41) is 4.08. The smallest absolute Gasteiger partial charge is 0.284 e. The minimum Gasteiger partial charge on any atom is -0.485 e. The van der Waals surface area contributed by atoms with Crippen LogP contribution in [-0.4, -0.2) is 29.3 Å². The molecule has 0 aliphatic carbocycles. The first-order chi connectivity index (χ1) is 10.7. The van der Waals surface area contributed by atoms with Gasteiger partial charge in [0.1, 0.15) is 6.61 Å². The summed E-state index contributed by atoms with van der Waals surface area (Å²) in [5.74, 6) is 0.856. The molecule has 0 fully saturated rings. The molecule has 0 saturated heterocycles. The van der Waals surface area contributed by atoms with Crippen molar-refractivity contribution in [2.45, 2.75) is 13.0 Å². The molecule has 0 bridgehead atoms. The second kappa shape index (κ2) is 6.26. The second-order valence-corrected chi connectivity index (χ2v) is 4.77. The van der Waals surface area contributed by atoms with Gasteiger partial charge < -0.3 is 9.47 Å². The molecule has 6 heteroatoms. The summed E-state index contributed by atoms with van der Waals surface area (Å²) in [6.45, 7) is 1.97. The Morgan fingerprint density at radius 2 is 1.95 bits per heavy atom. The van der Waals surface area contributed by atoms with Gasteiger partial charge in [-0.1, -0.05) is 12.1 Å². The maximum Gasteiger partial charge on any atom is 0.284 e. The molecule has 2 aromatic rings. The molecule has 6 nitrogen and oxygen atoms in total. The van der Waals surface area contributed by atoms with E-state index < -0.39 is 6.10 Å². The normalized spacial score (nSPS) is 17.0. The zero-order valence-electron chi connectivity index (χ0n) is 12.0. The van der Waals surface area contributed by atoms with E-state index in [1.54, 1.807) is 24.5 Å². The molecule has 1 aromatic heterocycles. The number of carbonyl (C=O) groups is 1. The molecule has 1 aliphatic heterocycles. The van der Waals surface area contributed by atoms with Gasteiger partial charge in [0.05, 0.1) is 5.71 Å². The third-order valence-electron chi connectivity index (χ3n) is 3.23. The molecule has 0 radical (unpaired) electrons. The number of para-hydroxylation sites is 2. The summed E-state index contributed by atoms with van der Waals surface area (Å²) in [6.07, 6.45) is 2.63. The minimum atomic E-state index is -0.719. The van der Waals surface area contributed by atoms with E-state index >= 15 is 0 Å². The van der Waals surface area contributed by atoms with Gasteiger partial charge in [-0.3, -0.25) is 9.78 Å². The number of ether oxygens (including phenoxy) is 2. The third kappa shape index (κ3) is 3.06. The first-order valence-electron chi connectivity index (χ1n) is 6.87. The number of hydrogen-bond donors (Lipinski definition) is 1. The quantitative estimate of drug-likeness (QED) is 0.692. The standard InChI is InChI=1S/C16H15N3O3/c1-11(12-6-8-17-9-7-12)18-19-16(20)15-10-21-13-4-2-3-5-14(13)22-15/h2-9,15H,10H2,1H3,(H,19,20)/b18-11+. The first-order valence-corrected chi connectivity index (χ1v) is 6.87. The van der Waals surface area contributed by atoms with Crippen molar-refractivity contribution < 1.29 is 14.3 Å². The van der Waals surface area contributed by atoms with Crippen molar-refractivity contribution in [2.75, 3.05) is 6.61 Å². The molecule has 1 amide bonds. The summed E-state index contributed by atoms with van der Waals surface area (Å²) in [6, 6.07) is 10.9. The SMILES string of the molecule is C/C(=N\NC(=O)C1COc2ccccc2O1)c1ccncc1. The number of pyridine rings is 1. The predicted molar refractivity (Wildman–Crippen MR) is 80.9 cm³/mol. The number of hydrazone groups is 1. The van der Waals surface area contributed by atoms with Gasteiger partial charge in [0, 0.05) is 18.0 Å². The Hall–Kier alpha value is -2.89. The van der Waals surface area contributed by atoms with E-state index in [4.69, 9.17) is 9.47 Å². The van der Waals surface area contributed by atoms with Crippen molar-refractivity contribution in [1.29, 1.82) is 0 Å². The number of carbonyl (C=O) groups excluding carboxylic acids is 1. The van der Waals surface area contributed by atoms with Crippen LogP contribution in [0.3, 0.4) is 0 Å². The number of aromatic nitrogens is 1. The summed E-state index contributed by atoms with van der Waals surface area (Å²) < 4.78 is 11.1. The van der Waals surface area contributed by atoms with E-state index in [9.17, 15) is 4.79 Å². The Morgan fingerprint density at radius 3 is 2.73 bits per heavy atom. The highest BCUT2D eigenvalue weighted by atomic mass is 16.6. The average Bonchev–Trinajstić information content (AvgIpc) is 2.59. The molecule has 1 aliphatic rings. The van der Waals surface area contributed by atoms with Crippen LogP contribution in [0, 0.1) is 0 Å². The highest BCUT2D eigenvalue weighted by Crippen LogP contribution is 2.30. The van der Waals surface area contributed by atoms with Crippen LogP contribution in [0.4, 0.5) is 0 Å². The van der Waals surface area contributed by atoms with E-state index in [1.165, 1.54) is 0 Å². The molecular formula is C16H15N3O3. The van der Waals surface area contributed by atoms with E-state index in [-0.39, 0.29) is 12.5 Å². The summed E-state index contributed by atoms with van der Waals surface area (Å²) >= 11 is 0. The van der Waals surface area contributed by atoms with Crippen LogP contribution in [0.2, 0.25) is 0 Å². The van der Waals surface area contributed by atoms with Gasteiger partial charge in [-0.25, -0.2) is 5.43 Å². The van der Waals surface area contributed by atoms with Crippen LogP contribution in [0.1, 0.15) is 12.5 Å². The predicted octanol–water partition coefficient (Wildman–Crippen LogP) is 1.76. The fraction of sp³-hybridized carbons (Fsp3) is 0.188. The van der Waals surface area contributed by atoms with Crippen LogP contribution < -0.4 is 14.9 Å². The van der Waals surface area contributed by atoms with E-state index in [2.05, 4.69) is 15.5 Å². The van der Waals surface area contributed by atoms with E-state index in [1.807, 2.05) is 31.2 Å². The van der Waals surface area contributed by atoms with E-state index in [0.29, 0.717) is 17.2 Å². The highest BCUT2D eigenvalue weighted by Gasteiger charge is 2.27. The van der Waals surface area contributed by atoms with Gasteiger partial charge in [-0.15, -0.1) is 0 Å². The molecule has 1 aromatic carbocycles. The molecule has 22 heavy (non-hydrogen) atoms. The third-order valence-corrected chi connectivity index (χ3v) is 3.23. The Morgan fingerprint density at radius 1 is 1.23 bits per heavy atom. The van der Waals surface area contributed by atoms with Crippen molar-refractivity contribution >= 4 is 11.6 Å². The zero-order valence-corrected chi connectivity index (χ0v) is 12.0. The monoisotopic (exact) mass is 297 g/mol. The number of fused-ring (bicyclic) bond motifs is 1. The van der Waals surface area contributed by atoms with Crippen LogP contribution in [0.25, 0.3) is 0 Å². The molecule has 0 saturated carbocycles. The lowest BCUT2D eigenvalue weighted by Crippen LogP contribution is -2.42. The number of nitrogens with one attached hydrogen (secondary N) is 1. The molecule has 3 rings (SSSR count). The second-order valence-electron chi connectivity index (χ2n) is 4.77. The summed E-state index contributed by atoms with van der Waals surface area (Å²) in [5.41, 5.74) is 4.08. The van der Waals surface area contributed by atoms with Crippen LogP contribution in [0.15, 0.2) is 53.9 Å². The van der Waals surface area contributed by atoms with Gasteiger partial charge in [-0.2, -0.15) is 5.10 Å². The molecule has 2 heterocycles. The van der Waals surface area contributed by atoms with Gasteiger partial charge in [0.15, 0.2) is 11.5 Å². The van der Waals surface area contributed by atoms with Crippen LogP contribution in [-0.2, 0) is 4.79 Å². The largest absolute Gasteiger partial charge is 0.485 e.